The molecule has 0 saturated heterocycles. The Morgan fingerprint density at radius 2 is 2.00 bits per heavy atom. The smallest absolute Gasteiger partial charge is 0.232 e. The first-order valence-corrected chi connectivity index (χ1v) is 5.33. The Morgan fingerprint density at radius 3 is 2.40 bits per heavy atom. The van der Waals surface area contributed by atoms with Crippen LogP contribution >= 0.6 is 11.6 Å². The Morgan fingerprint density at radius 1 is 1.47 bits per heavy atom. The highest BCUT2D eigenvalue weighted by Crippen LogP contribution is 2.25. The lowest BCUT2D eigenvalue weighted by Crippen LogP contribution is -2.15. The van der Waals surface area contributed by atoms with Crippen molar-refractivity contribution in [2.75, 3.05) is 0 Å². The molecule has 0 bridgehead atoms. The van der Waals surface area contributed by atoms with Gasteiger partial charge in [-0.25, -0.2) is 31.7 Å². The molecule has 1 aromatic heterocycles. The molecule has 4 nitrogen and oxygen atoms in total. The lowest BCUT2D eigenvalue weighted by Gasteiger charge is -2.05. The first-order chi connectivity index (χ1) is 6.73. The summed E-state index contributed by atoms with van der Waals surface area (Å²) in [6.45, 7) is 0. The zero-order valence-corrected chi connectivity index (χ0v) is 8.49. The van der Waals surface area contributed by atoms with Crippen molar-refractivity contribution in [2.45, 2.75) is 11.3 Å². The van der Waals surface area contributed by atoms with Gasteiger partial charge in [0.25, 0.3) is 6.43 Å². The maximum absolute atomic E-state index is 13.0. The van der Waals surface area contributed by atoms with Crippen LogP contribution in [-0.4, -0.2) is 13.4 Å². The summed E-state index contributed by atoms with van der Waals surface area (Å²) in [5, 5.41) is 3.64. The van der Waals surface area contributed by atoms with Gasteiger partial charge in [-0.15, -0.1) is 0 Å². The summed E-state index contributed by atoms with van der Waals surface area (Å²) in [6.07, 6.45) is -3.07. The Kier molecular flexibility index (Phi) is 3.22. The molecule has 15 heavy (non-hydrogen) atoms. The van der Waals surface area contributed by atoms with Crippen LogP contribution in [0.5, 0.6) is 0 Å². The highest BCUT2D eigenvalue weighted by Gasteiger charge is 2.22. The first-order valence-electron chi connectivity index (χ1n) is 3.40. The zero-order valence-electron chi connectivity index (χ0n) is 6.92. The van der Waals surface area contributed by atoms with E-state index in [0.717, 1.165) is 0 Å². The van der Waals surface area contributed by atoms with Crippen molar-refractivity contribution in [2.24, 2.45) is 5.14 Å². The molecule has 0 atom stereocenters. The largest absolute Gasteiger partial charge is 0.280 e. The highest BCUT2D eigenvalue weighted by atomic mass is 35.5. The molecule has 0 saturated carbocycles. The normalized spacial score (nSPS) is 12.1. The van der Waals surface area contributed by atoms with Crippen LogP contribution in [0.2, 0.25) is 5.15 Å². The quantitative estimate of drug-likeness (QED) is 0.818. The summed E-state index contributed by atoms with van der Waals surface area (Å²) in [5.41, 5.74) is -0.953. The Balaban J connectivity index is 3.52. The molecular formula is C6H4ClF3N2O2S. The number of nitrogens with zero attached hydrogens (tertiary/aromatic N) is 1. The number of alkyl halides is 2. The van der Waals surface area contributed by atoms with Gasteiger partial charge < -0.3 is 0 Å². The third-order valence-corrected chi connectivity index (χ3v) is 2.59. The minimum Gasteiger partial charge on any atom is -0.232 e. The molecule has 0 amide bonds. The number of nitrogens with two attached hydrogens (primary N) is 1. The fourth-order valence-corrected chi connectivity index (χ4v) is 1.70. The molecule has 0 aromatic carbocycles. The van der Waals surface area contributed by atoms with Gasteiger partial charge >= 0.3 is 0 Å². The minimum atomic E-state index is -4.44. The van der Waals surface area contributed by atoms with Crippen molar-refractivity contribution in [3.8, 4) is 0 Å². The van der Waals surface area contributed by atoms with Crippen molar-refractivity contribution >= 4 is 21.6 Å². The van der Waals surface area contributed by atoms with E-state index in [1.54, 1.807) is 0 Å². The molecule has 1 heterocycles. The average molecular weight is 261 g/mol. The van der Waals surface area contributed by atoms with Crippen molar-refractivity contribution in [3.63, 3.8) is 0 Å². The van der Waals surface area contributed by atoms with E-state index in [9.17, 15) is 21.6 Å². The summed E-state index contributed by atoms with van der Waals surface area (Å²) in [5.74, 6) is -1.44. The fourth-order valence-electron chi connectivity index (χ4n) is 0.813. The van der Waals surface area contributed by atoms with Gasteiger partial charge in [0.2, 0.25) is 10.0 Å². The van der Waals surface area contributed by atoms with Crippen LogP contribution in [0.1, 0.15) is 12.1 Å². The standard InChI is InChI=1S/C6H4ClF3N2O2S/c7-5-4(8)3(15(11,13)14)1-2(12-5)6(9)10/h1,6H,(H2,11,13,14). The number of hydrogen-bond acceptors (Lipinski definition) is 3. The molecule has 84 valence electrons. The number of rotatable bonds is 2. The van der Waals surface area contributed by atoms with E-state index in [1.807, 2.05) is 0 Å². The lowest BCUT2D eigenvalue weighted by molar-refractivity contribution is 0.145. The van der Waals surface area contributed by atoms with Crippen molar-refractivity contribution in [1.29, 1.82) is 0 Å². The van der Waals surface area contributed by atoms with Crippen LogP contribution in [-0.2, 0) is 10.0 Å². The van der Waals surface area contributed by atoms with Gasteiger partial charge in [-0.1, -0.05) is 11.6 Å². The molecular weight excluding hydrogens is 257 g/mol. The second-order valence-electron chi connectivity index (χ2n) is 2.50. The van der Waals surface area contributed by atoms with E-state index in [-0.39, 0.29) is 0 Å². The van der Waals surface area contributed by atoms with Crippen LogP contribution in [0, 0.1) is 5.82 Å². The summed E-state index contributed by atoms with van der Waals surface area (Å²) in [6, 6.07) is 0.348. The van der Waals surface area contributed by atoms with Crippen molar-refractivity contribution in [1.82, 2.24) is 4.98 Å². The van der Waals surface area contributed by atoms with Crippen LogP contribution in [0.4, 0.5) is 13.2 Å². The number of halogens is 4. The number of aromatic nitrogens is 1. The summed E-state index contributed by atoms with van der Waals surface area (Å²) in [7, 11) is -4.44. The topological polar surface area (TPSA) is 73.1 Å². The van der Waals surface area contributed by atoms with Crippen LogP contribution in [0.15, 0.2) is 11.0 Å². The van der Waals surface area contributed by atoms with Crippen molar-refractivity contribution in [3.05, 3.63) is 22.7 Å². The molecule has 0 aliphatic heterocycles. The number of pyridine rings is 1. The minimum absolute atomic E-state index is 0.348. The molecule has 0 fully saturated rings. The Labute approximate surface area is 87.9 Å². The average Bonchev–Trinajstić information content (AvgIpc) is 2.06. The van der Waals surface area contributed by atoms with Gasteiger partial charge in [0.05, 0.1) is 0 Å². The van der Waals surface area contributed by atoms with E-state index in [4.69, 9.17) is 11.6 Å². The molecule has 0 spiro atoms. The molecule has 0 aliphatic carbocycles. The maximum atomic E-state index is 13.0. The predicted octanol–water partition coefficient (Wildman–Crippen LogP) is 1.46. The zero-order chi connectivity index (χ0) is 11.8. The third kappa shape index (κ3) is 2.58. The second-order valence-corrected chi connectivity index (χ2v) is 4.38. The summed E-state index contributed by atoms with van der Waals surface area (Å²) >= 11 is 5.13. The van der Waals surface area contributed by atoms with E-state index in [1.165, 1.54) is 0 Å². The maximum Gasteiger partial charge on any atom is 0.280 e. The molecule has 0 unspecified atom stereocenters. The van der Waals surface area contributed by atoms with Crippen molar-refractivity contribution < 1.29 is 21.6 Å². The van der Waals surface area contributed by atoms with E-state index >= 15 is 0 Å². The molecule has 0 radical (unpaired) electrons. The summed E-state index contributed by atoms with van der Waals surface area (Å²) in [4.78, 5) is 1.87. The SMILES string of the molecule is NS(=O)(=O)c1cc(C(F)F)nc(Cl)c1F. The fraction of sp³-hybridized carbons (Fsp3) is 0.167. The highest BCUT2D eigenvalue weighted by molar-refractivity contribution is 7.89. The van der Waals surface area contributed by atoms with Gasteiger partial charge in [-0.2, -0.15) is 0 Å². The molecule has 0 aliphatic rings. The van der Waals surface area contributed by atoms with E-state index in [0.29, 0.717) is 6.07 Å². The Bertz CT molecular complexity index is 491. The third-order valence-electron chi connectivity index (χ3n) is 1.43. The number of sulfonamides is 1. The van der Waals surface area contributed by atoms with Gasteiger partial charge in [0, 0.05) is 0 Å². The molecule has 1 rings (SSSR count). The number of hydrogen-bond donors (Lipinski definition) is 1. The molecule has 2 N–H and O–H groups in total. The monoisotopic (exact) mass is 260 g/mol. The molecule has 9 heteroatoms. The van der Waals surface area contributed by atoms with Gasteiger partial charge in [-0.05, 0) is 6.07 Å². The number of primary sulfonamides is 1. The predicted molar refractivity (Wildman–Crippen MR) is 45.5 cm³/mol. The summed E-state index contributed by atoms with van der Waals surface area (Å²) < 4.78 is 59.0. The molecule has 1 aromatic rings. The van der Waals surface area contributed by atoms with Crippen LogP contribution in [0.3, 0.4) is 0 Å². The van der Waals surface area contributed by atoms with E-state index < -0.39 is 38.0 Å². The van der Waals surface area contributed by atoms with E-state index in [2.05, 4.69) is 10.1 Å². The first kappa shape index (κ1) is 12.2. The Hall–Kier alpha value is -0.860. The van der Waals surface area contributed by atoms with Gasteiger partial charge in [0.15, 0.2) is 11.0 Å². The lowest BCUT2D eigenvalue weighted by atomic mass is 10.3. The van der Waals surface area contributed by atoms with Crippen LogP contribution in [0.25, 0.3) is 0 Å². The van der Waals surface area contributed by atoms with Gasteiger partial charge in [-0.3, -0.25) is 0 Å². The van der Waals surface area contributed by atoms with Gasteiger partial charge in [0.1, 0.15) is 10.6 Å². The van der Waals surface area contributed by atoms with Crippen LogP contribution < -0.4 is 5.14 Å². The second kappa shape index (κ2) is 3.95.